The van der Waals surface area contributed by atoms with Crippen molar-refractivity contribution in [3.63, 3.8) is 0 Å². The van der Waals surface area contributed by atoms with Gasteiger partial charge in [0, 0.05) is 19.7 Å². The van der Waals surface area contributed by atoms with Gasteiger partial charge in [-0.05, 0) is 30.4 Å². The van der Waals surface area contributed by atoms with Gasteiger partial charge in [0.1, 0.15) is 0 Å². The van der Waals surface area contributed by atoms with Crippen LogP contribution in [0.25, 0.3) is 11.0 Å². The first-order chi connectivity index (χ1) is 12.6. The minimum Gasteiger partial charge on any atom is -0.383 e. The van der Waals surface area contributed by atoms with Gasteiger partial charge in [0.15, 0.2) is 5.16 Å². The molecule has 1 amide bonds. The summed E-state index contributed by atoms with van der Waals surface area (Å²) in [6, 6.07) is 8.38. The van der Waals surface area contributed by atoms with Gasteiger partial charge in [-0.1, -0.05) is 50.6 Å². The molecule has 1 fully saturated rings. The largest absolute Gasteiger partial charge is 0.383 e. The number of hydrogen-bond acceptors (Lipinski definition) is 4. The van der Waals surface area contributed by atoms with Crippen molar-refractivity contribution in [1.82, 2.24) is 14.9 Å². The van der Waals surface area contributed by atoms with Crippen LogP contribution in [0, 0.1) is 11.8 Å². The molecule has 5 nitrogen and oxygen atoms in total. The maximum Gasteiger partial charge on any atom is 0.230 e. The fourth-order valence-corrected chi connectivity index (χ4v) is 4.58. The molecule has 3 unspecified atom stereocenters. The van der Waals surface area contributed by atoms with Crippen LogP contribution in [0.4, 0.5) is 0 Å². The fourth-order valence-electron chi connectivity index (χ4n) is 3.73. The van der Waals surface area contributed by atoms with Crippen molar-refractivity contribution in [2.75, 3.05) is 19.5 Å². The third-order valence-electron chi connectivity index (χ3n) is 5.52. The molecule has 1 N–H and O–H groups in total. The van der Waals surface area contributed by atoms with Crippen LogP contribution in [0.5, 0.6) is 0 Å². The lowest BCUT2D eigenvalue weighted by atomic mass is 9.78. The van der Waals surface area contributed by atoms with E-state index in [1.54, 1.807) is 7.11 Å². The number of amides is 1. The fraction of sp³-hybridized carbons (Fsp3) is 0.600. The minimum atomic E-state index is 0.103. The summed E-state index contributed by atoms with van der Waals surface area (Å²) in [7, 11) is 1.70. The zero-order chi connectivity index (χ0) is 18.5. The van der Waals surface area contributed by atoms with Gasteiger partial charge in [0.05, 0.1) is 23.4 Å². The summed E-state index contributed by atoms with van der Waals surface area (Å²) in [5, 5.41) is 4.12. The number of carbonyl (C=O) groups excluding carboxylic acids is 1. The van der Waals surface area contributed by atoms with Gasteiger partial charge in [-0.2, -0.15) is 0 Å². The summed E-state index contributed by atoms with van der Waals surface area (Å²) in [5.41, 5.74) is 2.04. The number of fused-ring (bicyclic) bond motifs is 1. The molecule has 26 heavy (non-hydrogen) atoms. The van der Waals surface area contributed by atoms with E-state index in [1.165, 1.54) is 24.6 Å². The molecule has 1 heterocycles. The molecule has 0 aliphatic heterocycles. The second-order valence-electron chi connectivity index (χ2n) is 7.26. The molecule has 0 saturated heterocycles. The second-order valence-corrected chi connectivity index (χ2v) is 8.20. The summed E-state index contributed by atoms with van der Waals surface area (Å²) in [5.74, 6) is 1.73. The van der Waals surface area contributed by atoms with Crippen LogP contribution in [0.15, 0.2) is 29.4 Å². The van der Waals surface area contributed by atoms with Gasteiger partial charge in [-0.15, -0.1) is 0 Å². The van der Waals surface area contributed by atoms with Crippen LogP contribution < -0.4 is 5.32 Å². The molecule has 0 radical (unpaired) electrons. The number of methoxy groups -OCH3 is 1. The van der Waals surface area contributed by atoms with E-state index in [2.05, 4.69) is 29.8 Å². The van der Waals surface area contributed by atoms with Gasteiger partial charge >= 0.3 is 0 Å². The van der Waals surface area contributed by atoms with Crippen molar-refractivity contribution < 1.29 is 9.53 Å². The highest BCUT2D eigenvalue weighted by Crippen LogP contribution is 2.30. The molecular weight excluding hydrogens is 346 g/mol. The Morgan fingerprint density at radius 2 is 2.15 bits per heavy atom. The predicted molar refractivity (Wildman–Crippen MR) is 106 cm³/mol. The van der Waals surface area contributed by atoms with E-state index in [0.29, 0.717) is 30.2 Å². The summed E-state index contributed by atoms with van der Waals surface area (Å²) in [6.45, 7) is 5.90. The van der Waals surface area contributed by atoms with E-state index in [1.807, 2.05) is 18.2 Å². The summed E-state index contributed by atoms with van der Waals surface area (Å²) in [4.78, 5) is 17.2. The van der Waals surface area contributed by atoms with Crippen molar-refractivity contribution in [3.05, 3.63) is 24.3 Å². The van der Waals surface area contributed by atoms with E-state index in [9.17, 15) is 4.79 Å². The molecule has 3 atom stereocenters. The molecule has 1 saturated carbocycles. The summed E-state index contributed by atoms with van der Waals surface area (Å²) >= 11 is 1.51. The van der Waals surface area contributed by atoms with Gasteiger partial charge in [-0.25, -0.2) is 4.98 Å². The molecule has 142 valence electrons. The third kappa shape index (κ3) is 4.41. The highest BCUT2D eigenvalue weighted by atomic mass is 32.2. The van der Waals surface area contributed by atoms with Crippen molar-refractivity contribution in [3.8, 4) is 0 Å². The van der Waals surface area contributed by atoms with Crippen LogP contribution in [0.3, 0.4) is 0 Å². The number of imidazole rings is 1. The lowest BCUT2D eigenvalue weighted by Gasteiger charge is -2.34. The van der Waals surface area contributed by atoms with E-state index in [4.69, 9.17) is 9.72 Å². The number of nitrogens with one attached hydrogen (secondary N) is 1. The monoisotopic (exact) mass is 375 g/mol. The highest BCUT2D eigenvalue weighted by molar-refractivity contribution is 7.99. The summed E-state index contributed by atoms with van der Waals surface area (Å²) < 4.78 is 7.37. The minimum absolute atomic E-state index is 0.103. The van der Waals surface area contributed by atoms with Crippen LogP contribution in [0.2, 0.25) is 0 Å². The standard InChI is InChI=1S/C20H29N3O2S/c1-14-7-6-9-16(15(14)2)21-19(24)13-26-20-22-17-8-4-5-10-18(17)23(20)11-12-25-3/h4-5,8,10,14-16H,6-7,9,11-13H2,1-3H3,(H,21,24). The quantitative estimate of drug-likeness (QED) is 0.750. The first-order valence-electron chi connectivity index (χ1n) is 9.46. The molecule has 1 aliphatic rings. The maximum atomic E-state index is 12.5. The number of aromatic nitrogens is 2. The van der Waals surface area contributed by atoms with Gasteiger partial charge in [0.2, 0.25) is 5.91 Å². The molecule has 1 aliphatic carbocycles. The number of hydrogen-bond donors (Lipinski definition) is 1. The second kappa shape index (κ2) is 8.91. The summed E-state index contributed by atoms with van der Waals surface area (Å²) in [6.07, 6.45) is 3.57. The normalized spacial score (nSPS) is 23.3. The maximum absolute atomic E-state index is 12.5. The smallest absolute Gasteiger partial charge is 0.230 e. The zero-order valence-corrected chi connectivity index (χ0v) is 16.7. The molecule has 1 aromatic heterocycles. The van der Waals surface area contributed by atoms with Crippen LogP contribution in [-0.4, -0.2) is 41.0 Å². The zero-order valence-electron chi connectivity index (χ0n) is 15.9. The lowest BCUT2D eigenvalue weighted by molar-refractivity contribution is -0.120. The van der Waals surface area contributed by atoms with E-state index in [-0.39, 0.29) is 5.91 Å². The Labute approximate surface area is 159 Å². The Morgan fingerprint density at radius 3 is 2.96 bits per heavy atom. The Hall–Kier alpha value is -1.53. The number of para-hydroxylation sites is 2. The SMILES string of the molecule is COCCn1c(SCC(=O)NC2CCCC(C)C2C)nc2ccccc21. The third-order valence-corrected chi connectivity index (χ3v) is 6.50. The Morgan fingerprint density at radius 1 is 1.35 bits per heavy atom. The molecule has 3 rings (SSSR count). The molecule has 0 spiro atoms. The first kappa shape index (κ1) is 19.2. The molecule has 2 aromatic rings. The number of rotatable bonds is 7. The topological polar surface area (TPSA) is 56.1 Å². The highest BCUT2D eigenvalue weighted by Gasteiger charge is 2.28. The Kier molecular flexibility index (Phi) is 6.59. The van der Waals surface area contributed by atoms with Gasteiger partial charge in [-0.3, -0.25) is 4.79 Å². The first-order valence-corrected chi connectivity index (χ1v) is 10.4. The number of ether oxygens (including phenoxy) is 1. The van der Waals surface area contributed by atoms with E-state index in [0.717, 1.165) is 29.2 Å². The van der Waals surface area contributed by atoms with Gasteiger partial charge < -0.3 is 14.6 Å². The molecule has 6 heteroatoms. The average Bonchev–Trinajstić information content (AvgIpc) is 2.99. The Balaban J connectivity index is 1.64. The van der Waals surface area contributed by atoms with Crippen molar-refractivity contribution >= 4 is 28.7 Å². The van der Waals surface area contributed by atoms with Crippen molar-refractivity contribution in [2.45, 2.75) is 50.9 Å². The molecular formula is C20H29N3O2S. The average molecular weight is 376 g/mol. The van der Waals surface area contributed by atoms with Crippen molar-refractivity contribution in [2.24, 2.45) is 11.8 Å². The number of thioether (sulfide) groups is 1. The lowest BCUT2D eigenvalue weighted by Crippen LogP contribution is -2.44. The van der Waals surface area contributed by atoms with E-state index >= 15 is 0 Å². The van der Waals surface area contributed by atoms with Gasteiger partial charge in [0.25, 0.3) is 0 Å². The van der Waals surface area contributed by atoms with Crippen molar-refractivity contribution in [1.29, 1.82) is 0 Å². The number of benzene rings is 1. The van der Waals surface area contributed by atoms with Crippen LogP contribution in [-0.2, 0) is 16.1 Å². The van der Waals surface area contributed by atoms with Crippen LogP contribution >= 0.6 is 11.8 Å². The van der Waals surface area contributed by atoms with Crippen LogP contribution in [0.1, 0.15) is 33.1 Å². The number of nitrogens with zero attached hydrogens (tertiary/aromatic N) is 2. The van der Waals surface area contributed by atoms with E-state index < -0.39 is 0 Å². The Bertz CT molecular complexity index is 746. The molecule has 1 aromatic carbocycles. The molecule has 0 bridgehead atoms. The predicted octanol–water partition coefficient (Wildman–Crippen LogP) is 3.72. The number of carbonyl (C=O) groups is 1.